The molecule has 0 aromatic heterocycles. The summed E-state index contributed by atoms with van der Waals surface area (Å²) in [6.07, 6.45) is 0. The molecule has 0 N–H and O–H groups in total. The molecule has 0 atom stereocenters. The van der Waals surface area contributed by atoms with Crippen LogP contribution < -0.4 is 13.4 Å². The van der Waals surface area contributed by atoms with Crippen LogP contribution in [0.25, 0.3) is 0 Å². The van der Waals surface area contributed by atoms with Crippen LogP contribution in [-0.4, -0.2) is 28.1 Å². The summed E-state index contributed by atoms with van der Waals surface area (Å²) in [7, 11) is 0. The summed E-state index contributed by atoms with van der Waals surface area (Å²) >= 11 is -12.3. The molecule has 0 aliphatic rings. The van der Waals surface area contributed by atoms with Crippen LogP contribution in [0.15, 0.2) is 84.9 Å². The second-order valence-corrected chi connectivity index (χ2v) is 15.8. The van der Waals surface area contributed by atoms with Crippen molar-refractivity contribution in [3.05, 3.63) is 90.5 Å². The van der Waals surface area contributed by atoms with E-state index in [1.54, 1.807) is 0 Å². The molecule has 0 saturated heterocycles. The molecule has 0 aliphatic carbocycles. The Morgan fingerprint density at radius 3 is 1.27 bits per heavy atom. The van der Waals surface area contributed by atoms with E-state index >= 15 is 0 Å². The van der Waals surface area contributed by atoms with Gasteiger partial charge >= 0.3 is 179 Å². The van der Waals surface area contributed by atoms with E-state index in [1.165, 1.54) is 18.9 Å². The van der Waals surface area contributed by atoms with Crippen LogP contribution in [0.3, 0.4) is 0 Å². The number of halogens is 6. The van der Waals surface area contributed by atoms with Gasteiger partial charge in [-0.05, 0) is 0 Å². The third-order valence-electron chi connectivity index (χ3n) is 3.87. The molecule has 30 heavy (non-hydrogen) atoms. The monoisotopic (exact) mass is 556 g/mol. The Morgan fingerprint density at radius 2 is 0.900 bits per heavy atom. The van der Waals surface area contributed by atoms with Crippen LogP contribution in [-0.2, 0) is 5.41 Å². The topological polar surface area (TPSA) is 0 Å². The van der Waals surface area contributed by atoms with Crippen LogP contribution in [0.4, 0.5) is 20.8 Å². The van der Waals surface area contributed by atoms with E-state index in [4.69, 9.17) is 0 Å². The molecule has 0 bridgehead atoms. The molecule has 0 radical (unpaired) electrons. The molecule has 3 aromatic carbocycles. The molecule has 0 spiro atoms. The minimum atomic E-state index is -11.1. The molecular weight excluding hydrogens is 532 g/mol. The van der Waals surface area contributed by atoms with Gasteiger partial charge in [0.15, 0.2) is 0 Å². The van der Waals surface area contributed by atoms with Crippen LogP contribution in [0.1, 0.15) is 26.3 Å². The van der Waals surface area contributed by atoms with Crippen molar-refractivity contribution in [1.82, 2.24) is 0 Å². The van der Waals surface area contributed by atoms with Gasteiger partial charge in [0.25, 0.3) is 0 Å². The fourth-order valence-electron chi connectivity index (χ4n) is 2.77. The second kappa shape index (κ2) is 8.10. The Balaban J connectivity index is 0.000000396. The van der Waals surface area contributed by atoms with Gasteiger partial charge in [0.05, 0.1) is 0 Å². The Hall–Kier alpha value is -1.68. The molecule has 0 unspecified atom stereocenters. The number of rotatable bonds is 3. The SMILES string of the molecule is CC(C)(C)c1ccccc1[Se+](c1ccccc1)c1ccccc1.F[As-](F)(F)(F)(F)F. The van der Waals surface area contributed by atoms with E-state index in [2.05, 4.69) is 106 Å². The van der Waals surface area contributed by atoms with Gasteiger partial charge in [0.2, 0.25) is 0 Å². The molecule has 164 valence electrons. The van der Waals surface area contributed by atoms with Crippen molar-refractivity contribution in [2.75, 3.05) is 0 Å². The molecule has 0 nitrogen and oxygen atoms in total. The summed E-state index contributed by atoms with van der Waals surface area (Å²) in [5.41, 5.74) is 1.62. The summed E-state index contributed by atoms with van der Waals surface area (Å²) < 4.78 is 63.9. The summed E-state index contributed by atoms with van der Waals surface area (Å²) in [6, 6.07) is 31.0. The Labute approximate surface area is 178 Å². The molecule has 0 saturated carbocycles. The molecule has 0 heterocycles. The van der Waals surface area contributed by atoms with Crippen molar-refractivity contribution in [3.8, 4) is 0 Å². The number of benzene rings is 3. The Morgan fingerprint density at radius 1 is 0.567 bits per heavy atom. The van der Waals surface area contributed by atoms with Crippen molar-refractivity contribution in [2.45, 2.75) is 26.2 Å². The van der Waals surface area contributed by atoms with Gasteiger partial charge in [-0.3, -0.25) is 0 Å². The van der Waals surface area contributed by atoms with Crippen LogP contribution in [0.2, 0.25) is 0 Å². The first-order valence-electron chi connectivity index (χ1n) is 9.03. The zero-order valence-electron chi connectivity index (χ0n) is 16.7. The third kappa shape index (κ3) is 8.99. The first-order valence-corrected chi connectivity index (χ1v) is 15.9. The summed E-state index contributed by atoms with van der Waals surface area (Å²) in [6.45, 7) is 6.93. The average molecular weight is 555 g/mol. The first-order chi connectivity index (χ1) is 13.5. The van der Waals surface area contributed by atoms with E-state index in [-0.39, 0.29) is 5.41 Å². The first kappa shape index (κ1) is 24.6. The van der Waals surface area contributed by atoms with E-state index in [0.29, 0.717) is 0 Å². The van der Waals surface area contributed by atoms with Gasteiger partial charge in [0, 0.05) is 0 Å². The van der Waals surface area contributed by atoms with Crippen LogP contribution in [0.5, 0.6) is 0 Å². The van der Waals surface area contributed by atoms with Crippen LogP contribution in [0, 0.1) is 0 Å². The maximum absolute atomic E-state index is 11.1. The number of hydrogen-bond acceptors (Lipinski definition) is 0. The fourth-order valence-corrected chi connectivity index (χ4v) is 7.90. The number of hydrogen-bond donors (Lipinski definition) is 0. The Bertz CT molecular complexity index is 915. The van der Waals surface area contributed by atoms with Crippen molar-refractivity contribution in [1.29, 1.82) is 0 Å². The van der Waals surface area contributed by atoms with Crippen LogP contribution >= 0.6 is 0 Å². The predicted molar refractivity (Wildman–Crippen MR) is 115 cm³/mol. The van der Waals surface area contributed by atoms with Crippen molar-refractivity contribution in [2.24, 2.45) is 0 Å². The van der Waals surface area contributed by atoms with E-state index < -0.39 is 28.1 Å². The normalized spacial score (nSPS) is 14.3. The summed E-state index contributed by atoms with van der Waals surface area (Å²) in [4.78, 5) is 0. The van der Waals surface area contributed by atoms with Crippen molar-refractivity contribution in [3.63, 3.8) is 0 Å². The Kier molecular flexibility index (Phi) is 6.64. The summed E-state index contributed by atoms with van der Waals surface area (Å²) in [5.74, 6) is 0. The summed E-state index contributed by atoms with van der Waals surface area (Å²) in [5, 5.41) is 0. The predicted octanol–water partition coefficient (Wildman–Crippen LogP) is 5.64. The molecular formula is C22H23AsF6Se. The zero-order chi connectivity index (χ0) is 22.7. The van der Waals surface area contributed by atoms with Crippen molar-refractivity contribution < 1.29 is 20.8 Å². The van der Waals surface area contributed by atoms with Gasteiger partial charge in [-0.15, -0.1) is 0 Å². The standard InChI is InChI=1S/C22H23Se.AsF6/c1-22(2,3)20-16-10-11-17-21(20)23(18-12-6-4-7-13-18)19-14-8-5-9-15-19;2-1(3,4,5,6)7/h4-17H,1-3H3;/q+1;-1. The quantitative estimate of drug-likeness (QED) is 0.290. The van der Waals surface area contributed by atoms with E-state index in [9.17, 15) is 20.8 Å². The molecule has 8 heteroatoms. The molecule has 0 amide bonds. The average Bonchev–Trinajstić information content (AvgIpc) is 2.61. The van der Waals surface area contributed by atoms with Gasteiger partial charge < -0.3 is 0 Å². The minimum absolute atomic E-state index is 0.155. The fraction of sp³-hybridized carbons (Fsp3) is 0.182. The molecule has 0 aliphatic heterocycles. The third-order valence-corrected chi connectivity index (χ3v) is 8.66. The van der Waals surface area contributed by atoms with Gasteiger partial charge in [-0.1, -0.05) is 0 Å². The van der Waals surface area contributed by atoms with Gasteiger partial charge in [-0.25, -0.2) is 0 Å². The van der Waals surface area contributed by atoms with E-state index in [1.807, 2.05) is 0 Å². The second-order valence-electron chi connectivity index (χ2n) is 7.64. The molecule has 3 rings (SSSR count). The maximum atomic E-state index is 9.91. The van der Waals surface area contributed by atoms with E-state index in [0.717, 1.165) is 0 Å². The molecule has 3 aromatic rings. The van der Waals surface area contributed by atoms with Gasteiger partial charge in [0.1, 0.15) is 0 Å². The molecule has 0 fully saturated rings. The van der Waals surface area contributed by atoms with Crippen molar-refractivity contribution >= 4 is 41.5 Å². The zero-order valence-corrected chi connectivity index (χ0v) is 20.3. The van der Waals surface area contributed by atoms with Gasteiger partial charge in [-0.2, -0.15) is 0 Å².